The van der Waals surface area contributed by atoms with Gasteiger partial charge in [0.1, 0.15) is 0 Å². The van der Waals surface area contributed by atoms with Crippen LogP contribution in [0.3, 0.4) is 0 Å². The highest BCUT2D eigenvalue weighted by atomic mass is 32.1. The number of anilines is 1. The number of morpholine rings is 1. The molecule has 18 heavy (non-hydrogen) atoms. The van der Waals surface area contributed by atoms with Crippen molar-refractivity contribution in [3.63, 3.8) is 0 Å². The van der Waals surface area contributed by atoms with E-state index in [2.05, 4.69) is 23.7 Å². The first-order valence-corrected chi connectivity index (χ1v) is 7.02. The molecule has 0 spiro atoms. The van der Waals surface area contributed by atoms with Gasteiger partial charge in [-0.1, -0.05) is 0 Å². The van der Waals surface area contributed by atoms with Crippen LogP contribution in [-0.2, 0) is 11.3 Å². The van der Waals surface area contributed by atoms with E-state index in [0.717, 1.165) is 29.6 Å². The fraction of sp³-hybridized carbons (Fsp3) is 0.583. The van der Waals surface area contributed by atoms with Crippen LogP contribution in [-0.4, -0.2) is 39.8 Å². The van der Waals surface area contributed by atoms with Gasteiger partial charge in [-0.2, -0.15) is 0 Å². The highest BCUT2D eigenvalue weighted by Crippen LogP contribution is 2.27. The van der Waals surface area contributed by atoms with Gasteiger partial charge >= 0.3 is 0 Å². The van der Waals surface area contributed by atoms with E-state index in [-0.39, 0.29) is 18.8 Å². The van der Waals surface area contributed by atoms with Gasteiger partial charge in [0.25, 0.3) is 0 Å². The highest BCUT2D eigenvalue weighted by molar-refractivity contribution is 7.15. The van der Waals surface area contributed by atoms with E-state index in [9.17, 15) is 5.11 Å². The molecule has 5 nitrogen and oxygen atoms in total. The van der Waals surface area contributed by atoms with Gasteiger partial charge in [-0.25, -0.2) is 4.98 Å². The molecule has 0 radical (unpaired) electrons. The standard InChI is InChI=1S/C12H17N3O2S/c1-8-5-14(6-9(2)17-8)11-10(7-16)15-3-4-18-12(15)13-11/h3-4,8-9,16H,5-7H2,1-2H3. The first-order valence-electron chi connectivity index (χ1n) is 6.14. The lowest BCUT2D eigenvalue weighted by Crippen LogP contribution is -2.46. The van der Waals surface area contributed by atoms with E-state index in [1.807, 2.05) is 16.0 Å². The van der Waals surface area contributed by atoms with E-state index in [1.54, 1.807) is 11.3 Å². The number of rotatable bonds is 2. The molecule has 1 fully saturated rings. The average Bonchev–Trinajstić information content (AvgIpc) is 2.86. The number of thiazole rings is 1. The predicted octanol–water partition coefficient (Wildman–Crippen LogP) is 1.50. The Bertz CT molecular complexity index is 541. The molecule has 1 aliphatic heterocycles. The summed E-state index contributed by atoms with van der Waals surface area (Å²) in [5.41, 5.74) is 0.868. The lowest BCUT2D eigenvalue weighted by atomic mass is 10.2. The van der Waals surface area contributed by atoms with E-state index >= 15 is 0 Å². The zero-order chi connectivity index (χ0) is 12.7. The van der Waals surface area contributed by atoms with Gasteiger partial charge in [-0.05, 0) is 13.8 Å². The molecule has 0 amide bonds. The zero-order valence-corrected chi connectivity index (χ0v) is 11.4. The normalized spacial score (nSPS) is 24.9. The van der Waals surface area contributed by atoms with Crippen LogP contribution in [0.2, 0.25) is 0 Å². The SMILES string of the molecule is CC1CN(c2nc3sccn3c2CO)CC(C)O1. The lowest BCUT2D eigenvalue weighted by Gasteiger charge is -2.35. The van der Waals surface area contributed by atoms with Crippen LogP contribution in [0.4, 0.5) is 5.82 Å². The van der Waals surface area contributed by atoms with Gasteiger partial charge < -0.3 is 14.7 Å². The number of imidazole rings is 1. The van der Waals surface area contributed by atoms with Gasteiger partial charge in [0.05, 0.1) is 24.5 Å². The molecular formula is C12H17N3O2S. The second kappa shape index (κ2) is 4.53. The van der Waals surface area contributed by atoms with Crippen molar-refractivity contribution in [2.75, 3.05) is 18.0 Å². The summed E-state index contributed by atoms with van der Waals surface area (Å²) in [4.78, 5) is 7.77. The molecule has 2 aromatic rings. The predicted molar refractivity (Wildman–Crippen MR) is 71.2 cm³/mol. The molecule has 2 atom stereocenters. The van der Waals surface area contributed by atoms with E-state index in [1.165, 1.54) is 0 Å². The fourth-order valence-electron chi connectivity index (χ4n) is 2.57. The lowest BCUT2D eigenvalue weighted by molar-refractivity contribution is -0.00554. The summed E-state index contributed by atoms with van der Waals surface area (Å²) in [6.07, 6.45) is 2.34. The maximum Gasteiger partial charge on any atom is 0.195 e. The fourth-order valence-corrected chi connectivity index (χ4v) is 3.30. The van der Waals surface area contributed by atoms with Gasteiger partial charge in [0.2, 0.25) is 0 Å². The second-order valence-corrected chi connectivity index (χ2v) is 5.63. The minimum Gasteiger partial charge on any atom is -0.390 e. The van der Waals surface area contributed by atoms with Crippen LogP contribution in [0.25, 0.3) is 4.96 Å². The van der Waals surface area contributed by atoms with Crippen molar-refractivity contribution in [1.82, 2.24) is 9.38 Å². The number of ether oxygens (including phenoxy) is 1. The number of aromatic nitrogens is 2. The smallest absolute Gasteiger partial charge is 0.195 e. The van der Waals surface area contributed by atoms with Crippen molar-refractivity contribution in [3.8, 4) is 0 Å². The number of aliphatic hydroxyl groups excluding tert-OH is 1. The van der Waals surface area contributed by atoms with Gasteiger partial charge in [-0.15, -0.1) is 11.3 Å². The third-order valence-electron chi connectivity index (χ3n) is 3.21. The molecule has 0 aliphatic carbocycles. The number of nitrogens with zero attached hydrogens (tertiary/aromatic N) is 3. The average molecular weight is 267 g/mol. The van der Waals surface area contributed by atoms with Crippen LogP contribution < -0.4 is 4.90 Å². The monoisotopic (exact) mass is 267 g/mol. The van der Waals surface area contributed by atoms with Crippen molar-refractivity contribution in [3.05, 3.63) is 17.3 Å². The van der Waals surface area contributed by atoms with Crippen molar-refractivity contribution in [1.29, 1.82) is 0 Å². The van der Waals surface area contributed by atoms with Gasteiger partial charge in [0.15, 0.2) is 10.8 Å². The van der Waals surface area contributed by atoms with Crippen molar-refractivity contribution >= 4 is 22.1 Å². The summed E-state index contributed by atoms with van der Waals surface area (Å²) in [7, 11) is 0. The van der Waals surface area contributed by atoms with Gasteiger partial charge in [0, 0.05) is 24.7 Å². The Hall–Kier alpha value is -1.11. The summed E-state index contributed by atoms with van der Waals surface area (Å²) in [6.45, 7) is 5.79. The molecule has 1 saturated heterocycles. The molecule has 1 N–H and O–H groups in total. The molecule has 3 rings (SSSR count). The Morgan fingerprint density at radius 3 is 2.83 bits per heavy atom. The van der Waals surface area contributed by atoms with Crippen LogP contribution >= 0.6 is 11.3 Å². The molecule has 0 saturated carbocycles. The van der Waals surface area contributed by atoms with Crippen LogP contribution in [0, 0.1) is 0 Å². The summed E-state index contributed by atoms with van der Waals surface area (Å²) >= 11 is 1.59. The van der Waals surface area contributed by atoms with Crippen LogP contribution in [0.1, 0.15) is 19.5 Å². The Morgan fingerprint density at radius 2 is 2.17 bits per heavy atom. The molecule has 3 heterocycles. The summed E-state index contributed by atoms with van der Waals surface area (Å²) in [6, 6.07) is 0. The first kappa shape index (κ1) is 12.0. The summed E-state index contributed by atoms with van der Waals surface area (Å²) in [5.74, 6) is 0.895. The minimum absolute atomic E-state index is 0.00729. The van der Waals surface area contributed by atoms with E-state index in [4.69, 9.17) is 4.74 Å². The second-order valence-electron chi connectivity index (χ2n) is 4.76. The van der Waals surface area contributed by atoms with Crippen molar-refractivity contribution < 1.29 is 9.84 Å². The summed E-state index contributed by atoms with van der Waals surface area (Å²) < 4.78 is 7.69. The maximum absolute atomic E-state index is 9.57. The van der Waals surface area contributed by atoms with Gasteiger partial charge in [-0.3, -0.25) is 4.40 Å². The number of hydrogen-bond acceptors (Lipinski definition) is 5. The van der Waals surface area contributed by atoms with Crippen LogP contribution in [0.15, 0.2) is 11.6 Å². The number of aliphatic hydroxyl groups is 1. The molecule has 0 bridgehead atoms. The molecule has 6 heteroatoms. The Kier molecular flexibility index (Phi) is 3.01. The largest absolute Gasteiger partial charge is 0.390 e. The Morgan fingerprint density at radius 1 is 1.44 bits per heavy atom. The maximum atomic E-state index is 9.57. The van der Waals surface area contributed by atoms with Crippen LogP contribution in [0.5, 0.6) is 0 Å². The van der Waals surface area contributed by atoms with E-state index in [0.29, 0.717) is 0 Å². The molecule has 0 aromatic carbocycles. The molecule has 98 valence electrons. The molecule has 2 aromatic heterocycles. The summed E-state index contributed by atoms with van der Waals surface area (Å²) in [5, 5.41) is 11.6. The van der Waals surface area contributed by atoms with Crippen molar-refractivity contribution in [2.24, 2.45) is 0 Å². The molecule has 2 unspecified atom stereocenters. The third kappa shape index (κ3) is 1.90. The van der Waals surface area contributed by atoms with Crippen molar-refractivity contribution in [2.45, 2.75) is 32.7 Å². The molecule has 1 aliphatic rings. The quantitative estimate of drug-likeness (QED) is 0.896. The number of hydrogen-bond donors (Lipinski definition) is 1. The minimum atomic E-state index is 0.00729. The highest BCUT2D eigenvalue weighted by Gasteiger charge is 2.26. The Balaban J connectivity index is 1.99. The molecular weight excluding hydrogens is 250 g/mol. The third-order valence-corrected chi connectivity index (χ3v) is 3.97. The van der Waals surface area contributed by atoms with E-state index < -0.39 is 0 Å². The number of fused-ring (bicyclic) bond motifs is 1. The first-order chi connectivity index (χ1) is 8.69. The topological polar surface area (TPSA) is 50.0 Å². The Labute approximate surface area is 110 Å². The zero-order valence-electron chi connectivity index (χ0n) is 10.5.